The first-order chi connectivity index (χ1) is 7.61. The fourth-order valence-corrected chi connectivity index (χ4v) is 1.97. The van der Waals surface area contributed by atoms with E-state index in [9.17, 15) is 0 Å². The minimum Gasteiger partial charge on any atom is -0.409 e. The molecule has 1 heterocycles. The number of aliphatic hydroxyl groups excluding tert-OH is 1. The van der Waals surface area contributed by atoms with E-state index in [0.29, 0.717) is 16.3 Å². The smallest absolute Gasteiger partial charge is 0.173 e. The van der Waals surface area contributed by atoms with Crippen molar-refractivity contribution in [1.82, 2.24) is 10.2 Å². The predicted octanol–water partition coefficient (Wildman–Crippen LogP) is 0.272. The summed E-state index contributed by atoms with van der Waals surface area (Å²) in [6.07, 6.45) is 0. The lowest BCUT2D eigenvalue weighted by atomic mass is 10.1. The largest absolute Gasteiger partial charge is 0.409 e. The van der Waals surface area contributed by atoms with Gasteiger partial charge in [0.25, 0.3) is 0 Å². The van der Waals surface area contributed by atoms with Gasteiger partial charge >= 0.3 is 0 Å². The van der Waals surface area contributed by atoms with E-state index in [1.165, 1.54) is 11.8 Å². The van der Waals surface area contributed by atoms with Gasteiger partial charge in [-0.3, -0.25) is 0 Å². The predicted molar refractivity (Wildman–Crippen MR) is 61.8 cm³/mol. The lowest BCUT2D eigenvalue weighted by molar-refractivity contribution is 0.318. The molecule has 7 heteroatoms. The number of rotatable bonds is 4. The van der Waals surface area contributed by atoms with E-state index in [0.717, 1.165) is 11.3 Å². The van der Waals surface area contributed by atoms with E-state index in [-0.39, 0.29) is 12.4 Å². The van der Waals surface area contributed by atoms with Gasteiger partial charge in [-0.1, -0.05) is 5.16 Å². The van der Waals surface area contributed by atoms with Crippen LogP contribution in [-0.2, 0) is 0 Å². The van der Waals surface area contributed by atoms with Crippen LogP contribution in [0, 0.1) is 13.8 Å². The van der Waals surface area contributed by atoms with Gasteiger partial charge in [0.1, 0.15) is 5.03 Å². The van der Waals surface area contributed by atoms with Gasteiger partial charge in [0.05, 0.1) is 17.9 Å². The second-order valence-corrected chi connectivity index (χ2v) is 4.23. The standard InChI is InChI=1S/C9H14N4O2S/c1-5-6(2)11-12-9(16-4-3-14)7(5)8(10)13-15/h14-15H,3-4H2,1-2H3,(H2,10,13). The Kier molecular flexibility index (Phi) is 4.51. The molecule has 16 heavy (non-hydrogen) atoms. The van der Waals surface area contributed by atoms with Crippen LogP contribution in [0.3, 0.4) is 0 Å². The average molecular weight is 242 g/mol. The lowest BCUT2D eigenvalue weighted by Crippen LogP contribution is -2.18. The normalized spacial score (nSPS) is 11.8. The molecule has 0 aliphatic heterocycles. The Morgan fingerprint density at radius 1 is 1.44 bits per heavy atom. The van der Waals surface area contributed by atoms with E-state index < -0.39 is 0 Å². The maximum Gasteiger partial charge on any atom is 0.173 e. The van der Waals surface area contributed by atoms with Crippen molar-refractivity contribution in [2.75, 3.05) is 12.4 Å². The molecule has 1 rings (SSSR count). The maximum absolute atomic E-state index is 8.76. The number of hydrogen-bond donors (Lipinski definition) is 3. The Hall–Kier alpha value is -1.34. The summed E-state index contributed by atoms with van der Waals surface area (Å²) in [4.78, 5) is 0. The van der Waals surface area contributed by atoms with Gasteiger partial charge in [-0.25, -0.2) is 0 Å². The molecule has 4 N–H and O–H groups in total. The number of nitrogens with two attached hydrogens (primary N) is 1. The van der Waals surface area contributed by atoms with Crippen molar-refractivity contribution in [3.63, 3.8) is 0 Å². The molecule has 0 saturated carbocycles. The second kappa shape index (κ2) is 5.66. The van der Waals surface area contributed by atoms with Gasteiger partial charge in [0, 0.05) is 5.75 Å². The van der Waals surface area contributed by atoms with Gasteiger partial charge < -0.3 is 16.0 Å². The molecule has 1 aromatic heterocycles. The Morgan fingerprint density at radius 2 is 2.12 bits per heavy atom. The molecule has 0 unspecified atom stereocenters. The number of nitrogens with zero attached hydrogens (tertiary/aromatic N) is 3. The van der Waals surface area contributed by atoms with Crippen LogP contribution in [0.25, 0.3) is 0 Å². The second-order valence-electron chi connectivity index (χ2n) is 3.15. The summed E-state index contributed by atoms with van der Waals surface area (Å²) in [5.41, 5.74) is 7.73. The SMILES string of the molecule is Cc1nnc(SCCO)c(/C(N)=N/O)c1C. The molecule has 1 aromatic rings. The number of aromatic nitrogens is 2. The molecule has 0 saturated heterocycles. The molecular weight excluding hydrogens is 228 g/mol. The molecule has 0 aliphatic rings. The number of oxime groups is 1. The minimum absolute atomic E-state index is 0.0101. The highest BCUT2D eigenvalue weighted by Crippen LogP contribution is 2.23. The molecule has 0 spiro atoms. The van der Waals surface area contributed by atoms with Crippen molar-refractivity contribution >= 4 is 17.6 Å². The maximum atomic E-state index is 8.76. The zero-order chi connectivity index (χ0) is 12.1. The third-order valence-electron chi connectivity index (χ3n) is 2.12. The van der Waals surface area contributed by atoms with Crippen molar-refractivity contribution in [1.29, 1.82) is 0 Å². The summed E-state index contributed by atoms with van der Waals surface area (Å²) < 4.78 is 0. The Morgan fingerprint density at radius 3 is 2.69 bits per heavy atom. The van der Waals surface area contributed by atoms with Crippen LogP contribution in [0.5, 0.6) is 0 Å². The van der Waals surface area contributed by atoms with Gasteiger partial charge in [-0.05, 0) is 19.4 Å². The van der Waals surface area contributed by atoms with Gasteiger partial charge in [-0.2, -0.15) is 5.10 Å². The summed E-state index contributed by atoms with van der Waals surface area (Å²) in [6, 6.07) is 0. The van der Waals surface area contributed by atoms with E-state index in [2.05, 4.69) is 15.4 Å². The fourth-order valence-electron chi connectivity index (χ4n) is 1.18. The highest BCUT2D eigenvalue weighted by molar-refractivity contribution is 7.99. The molecular formula is C9H14N4O2S. The Balaban J connectivity index is 3.22. The van der Waals surface area contributed by atoms with Crippen molar-refractivity contribution in [3.05, 3.63) is 16.8 Å². The lowest BCUT2D eigenvalue weighted by Gasteiger charge is -2.10. The minimum atomic E-state index is 0.0101. The van der Waals surface area contributed by atoms with Gasteiger partial charge in [0.2, 0.25) is 0 Å². The fraction of sp³-hybridized carbons (Fsp3) is 0.444. The monoisotopic (exact) mass is 242 g/mol. The van der Waals surface area contributed by atoms with Crippen LogP contribution in [0.4, 0.5) is 0 Å². The van der Waals surface area contributed by atoms with E-state index in [4.69, 9.17) is 16.0 Å². The van der Waals surface area contributed by atoms with Crippen LogP contribution >= 0.6 is 11.8 Å². The zero-order valence-corrected chi connectivity index (χ0v) is 9.95. The van der Waals surface area contributed by atoms with Crippen molar-refractivity contribution in [3.8, 4) is 0 Å². The van der Waals surface area contributed by atoms with Gasteiger partial charge in [-0.15, -0.1) is 16.9 Å². The third kappa shape index (κ3) is 2.61. The molecule has 0 bridgehead atoms. The first kappa shape index (κ1) is 12.7. The molecule has 0 aromatic carbocycles. The van der Waals surface area contributed by atoms with E-state index in [1.807, 2.05) is 6.92 Å². The molecule has 0 fully saturated rings. The highest BCUT2D eigenvalue weighted by Gasteiger charge is 2.15. The molecule has 0 aliphatic carbocycles. The summed E-state index contributed by atoms with van der Waals surface area (Å²) >= 11 is 1.32. The topological polar surface area (TPSA) is 105 Å². The van der Waals surface area contributed by atoms with Crippen molar-refractivity contribution < 1.29 is 10.3 Å². The van der Waals surface area contributed by atoms with Crippen molar-refractivity contribution in [2.24, 2.45) is 10.9 Å². The quantitative estimate of drug-likeness (QED) is 0.230. The van der Waals surface area contributed by atoms with E-state index >= 15 is 0 Å². The number of hydrogen-bond acceptors (Lipinski definition) is 6. The third-order valence-corrected chi connectivity index (χ3v) is 3.06. The Labute approximate surface area is 97.6 Å². The highest BCUT2D eigenvalue weighted by atomic mass is 32.2. The van der Waals surface area contributed by atoms with Crippen LogP contribution in [0.2, 0.25) is 0 Å². The first-order valence-corrected chi connectivity index (χ1v) is 5.65. The Bertz CT molecular complexity index is 409. The van der Waals surface area contributed by atoms with Crippen molar-refractivity contribution in [2.45, 2.75) is 18.9 Å². The van der Waals surface area contributed by atoms with Crippen LogP contribution in [-0.4, -0.2) is 38.7 Å². The van der Waals surface area contributed by atoms with E-state index in [1.54, 1.807) is 6.92 Å². The molecule has 0 atom stereocenters. The summed E-state index contributed by atoms with van der Waals surface area (Å²) in [5.74, 6) is 0.499. The van der Waals surface area contributed by atoms with Gasteiger partial charge in [0.15, 0.2) is 5.84 Å². The molecule has 0 radical (unpaired) electrons. The number of thioether (sulfide) groups is 1. The summed E-state index contributed by atoms with van der Waals surface area (Å²) in [6.45, 7) is 3.67. The van der Waals surface area contributed by atoms with Crippen LogP contribution in [0.15, 0.2) is 10.2 Å². The molecule has 88 valence electrons. The van der Waals surface area contributed by atoms with Crippen LogP contribution < -0.4 is 5.73 Å². The summed E-state index contributed by atoms with van der Waals surface area (Å²) in [7, 11) is 0. The number of aryl methyl sites for hydroxylation is 1. The average Bonchev–Trinajstić information content (AvgIpc) is 2.29. The zero-order valence-electron chi connectivity index (χ0n) is 9.14. The summed E-state index contributed by atoms with van der Waals surface area (Å²) in [5, 5.41) is 29.0. The van der Waals surface area contributed by atoms with Crippen LogP contribution in [0.1, 0.15) is 16.8 Å². The number of aliphatic hydroxyl groups is 1. The first-order valence-electron chi connectivity index (χ1n) is 4.67. The number of amidine groups is 1. The molecule has 6 nitrogen and oxygen atoms in total. The molecule has 0 amide bonds.